The van der Waals surface area contributed by atoms with Crippen LogP contribution in [-0.2, 0) is 24.0 Å². The molecule has 4 amide bonds. The molecule has 0 aromatic rings. The Kier molecular flexibility index (Phi) is 12.5. The van der Waals surface area contributed by atoms with E-state index in [9.17, 15) is 29.1 Å². The maximum atomic E-state index is 12.9. The quantitative estimate of drug-likeness (QED) is 0.202. The van der Waals surface area contributed by atoms with Crippen LogP contribution in [-0.4, -0.2) is 58.9 Å². The maximum Gasteiger partial charge on any atom is 0.326 e. The van der Waals surface area contributed by atoms with E-state index in [1.54, 1.807) is 20.8 Å². The van der Waals surface area contributed by atoms with Crippen LogP contribution in [0.3, 0.4) is 0 Å². The maximum absolute atomic E-state index is 12.9. The monoisotopic (exact) mass is 457 g/mol. The summed E-state index contributed by atoms with van der Waals surface area (Å²) in [4.78, 5) is 60.6. The Morgan fingerprint density at radius 3 is 1.78 bits per heavy atom. The molecule has 11 heteroatoms. The number of carboxylic acids is 1. The summed E-state index contributed by atoms with van der Waals surface area (Å²) in [5.41, 5.74) is 10.7. The summed E-state index contributed by atoms with van der Waals surface area (Å²) in [6.45, 7) is 10.7. The van der Waals surface area contributed by atoms with E-state index in [1.807, 2.05) is 20.8 Å². The SMILES string of the molecule is CCC(C)C(NC(=O)C(NC(=O)C(CC(C)C)NC(=O)C(N)CC(N)=O)C(C)C)C(=O)O. The van der Waals surface area contributed by atoms with Gasteiger partial charge in [0, 0.05) is 0 Å². The topological polar surface area (TPSA) is 194 Å². The molecule has 0 bridgehead atoms. The summed E-state index contributed by atoms with van der Waals surface area (Å²) in [6.07, 6.45) is 0.437. The van der Waals surface area contributed by atoms with E-state index in [-0.39, 0.29) is 30.6 Å². The Hall–Kier alpha value is -2.69. The fourth-order valence-corrected chi connectivity index (χ4v) is 3.01. The van der Waals surface area contributed by atoms with Gasteiger partial charge in [0.15, 0.2) is 0 Å². The van der Waals surface area contributed by atoms with Crippen LogP contribution in [0, 0.1) is 17.8 Å². The molecule has 0 spiro atoms. The largest absolute Gasteiger partial charge is 0.480 e. The summed E-state index contributed by atoms with van der Waals surface area (Å²) in [6, 6.07) is -4.31. The average molecular weight is 458 g/mol. The van der Waals surface area contributed by atoms with Crippen LogP contribution in [0.2, 0.25) is 0 Å². The zero-order valence-corrected chi connectivity index (χ0v) is 19.8. The molecule has 0 rings (SSSR count). The van der Waals surface area contributed by atoms with Gasteiger partial charge in [-0.3, -0.25) is 19.2 Å². The minimum absolute atomic E-state index is 0.0199. The lowest BCUT2D eigenvalue weighted by Crippen LogP contribution is -2.59. The molecule has 0 aliphatic heterocycles. The predicted molar refractivity (Wildman–Crippen MR) is 119 cm³/mol. The lowest BCUT2D eigenvalue weighted by molar-refractivity contribution is -0.144. The number of hydrogen-bond acceptors (Lipinski definition) is 6. The van der Waals surface area contributed by atoms with Crippen LogP contribution in [0.5, 0.6) is 0 Å². The van der Waals surface area contributed by atoms with E-state index in [0.29, 0.717) is 6.42 Å². The summed E-state index contributed by atoms with van der Waals surface area (Å²) in [7, 11) is 0. The number of amides is 4. The molecule has 0 fully saturated rings. The summed E-state index contributed by atoms with van der Waals surface area (Å²) < 4.78 is 0. The van der Waals surface area contributed by atoms with Crippen molar-refractivity contribution in [1.29, 1.82) is 0 Å². The smallest absolute Gasteiger partial charge is 0.326 e. The second kappa shape index (κ2) is 13.7. The molecule has 0 heterocycles. The fourth-order valence-electron chi connectivity index (χ4n) is 3.01. The van der Waals surface area contributed by atoms with E-state index in [1.165, 1.54) is 0 Å². The number of nitrogens with one attached hydrogen (secondary N) is 3. The minimum Gasteiger partial charge on any atom is -0.480 e. The number of primary amides is 1. The third kappa shape index (κ3) is 10.1. The Bertz CT molecular complexity index is 682. The first-order valence-electron chi connectivity index (χ1n) is 10.9. The number of hydrogen-bond donors (Lipinski definition) is 6. The molecule has 32 heavy (non-hydrogen) atoms. The van der Waals surface area contributed by atoms with Crippen molar-refractivity contribution in [2.24, 2.45) is 29.2 Å². The molecule has 0 aromatic carbocycles. The van der Waals surface area contributed by atoms with Gasteiger partial charge in [0.05, 0.1) is 12.5 Å². The fraction of sp³-hybridized carbons (Fsp3) is 0.762. The van der Waals surface area contributed by atoms with Gasteiger partial charge in [-0.1, -0.05) is 48.0 Å². The van der Waals surface area contributed by atoms with Crippen molar-refractivity contribution in [3.05, 3.63) is 0 Å². The molecular formula is C21H39N5O6. The first-order valence-corrected chi connectivity index (χ1v) is 10.9. The molecule has 5 unspecified atom stereocenters. The highest BCUT2D eigenvalue weighted by Crippen LogP contribution is 2.11. The van der Waals surface area contributed by atoms with Gasteiger partial charge in [-0.05, 0) is 24.2 Å². The highest BCUT2D eigenvalue weighted by molar-refractivity contribution is 5.95. The molecule has 0 aromatic heterocycles. The van der Waals surface area contributed by atoms with Gasteiger partial charge < -0.3 is 32.5 Å². The number of carbonyl (C=O) groups is 5. The van der Waals surface area contributed by atoms with Crippen molar-refractivity contribution in [3.63, 3.8) is 0 Å². The Morgan fingerprint density at radius 2 is 1.38 bits per heavy atom. The lowest BCUT2D eigenvalue weighted by atomic mass is 9.96. The van der Waals surface area contributed by atoms with Crippen molar-refractivity contribution < 1.29 is 29.1 Å². The van der Waals surface area contributed by atoms with E-state index in [0.717, 1.165) is 0 Å². The normalized spacial score (nSPS) is 15.9. The lowest BCUT2D eigenvalue weighted by Gasteiger charge is -2.28. The van der Waals surface area contributed by atoms with E-state index in [2.05, 4.69) is 16.0 Å². The van der Waals surface area contributed by atoms with Gasteiger partial charge >= 0.3 is 5.97 Å². The Morgan fingerprint density at radius 1 is 0.844 bits per heavy atom. The van der Waals surface area contributed by atoms with Crippen LogP contribution in [0.4, 0.5) is 0 Å². The molecule has 5 atom stereocenters. The van der Waals surface area contributed by atoms with Gasteiger partial charge in [0.1, 0.15) is 18.1 Å². The first-order chi connectivity index (χ1) is 14.7. The van der Waals surface area contributed by atoms with E-state index >= 15 is 0 Å². The van der Waals surface area contributed by atoms with Crippen LogP contribution < -0.4 is 27.4 Å². The van der Waals surface area contributed by atoms with Crippen molar-refractivity contribution in [2.45, 2.75) is 85.0 Å². The van der Waals surface area contributed by atoms with Crippen molar-refractivity contribution in [2.75, 3.05) is 0 Å². The molecule has 0 aliphatic rings. The van der Waals surface area contributed by atoms with Gasteiger partial charge in [0.25, 0.3) is 0 Å². The van der Waals surface area contributed by atoms with Crippen LogP contribution in [0.1, 0.15) is 60.8 Å². The van der Waals surface area contributed by atoms with Gasteiger partial charge in [0.2, 0.25) is 23.6 Å². The highest BCUT2D eigenvalue weighted by atomic mass is 16.4. The second-order valence-corrected chi connectivity index (χ2v) is 8.91. The summed E-state index contributed by atoms with van der Waals surface area (Å²) >= 11 is 0. The molecule has 0 radical (unpaired) electrons. The van der Waals surface area contributed by atoms with E-state index in [4.69, 9.17) is 11.5 Å². The third-order valence-electron chi connectivity index (χ3n) is 5.12. The van der Waals surface area contributed by atoms with Gasteiger partial charge in [-0.15, -0.1) is 0 Å². The molecule has 184 valence electrons. The van der Waals surface area contributed by atoms with Gasteiger partial charge in [-0.25, -0.2) is 4.79 Å². The summed E-state index contributed by atoms with van der Waals surface area (Å²) in [5.74, 6) is -4.48. The summed E-state index contributed by atoms with van der Waals surface area (Å²) in [5, 5.41) is 17.1. The predicted octanol–water partition coefficient (Wildman–Crippen LogP) is -0.524. The third-order valence-corrected chi connectivity index (χ3v) is 5.12. The number of carbonyl (C=O) groups excluding carboxylic acids is 4. The van der Waals surface area contributed by atoms with Crippen molar-refractivity contribution in [1.82, 2.24) is 16.0 Å². The zero-order chi connectivity index (χ0) is 25.2. The second-order valence-electron chi connectivity index (χ2n) is 8.91. The number of carboxylic acid groups (broad SMARTS) is 1. The molecular weight excluding hydrogens is 418 g/mol. The molecule has 8 N–H and O–H groups in total. The Balaban J connectivity index is 5.48. The van der Waals surface area contributed by atoms with Crippen molar-refractivity contribution in [3.8, 4) is 0 Å². The Labute approximate surface area is 189 Å². The molecule has 0 saturated carbocycles. The standard InChI is InChI=1S/C21H39N5O6/c1-7-12(6)17(21(31)32)26-20(30)16(11(4)5)25-19(29)14(8-10(2)3)24-18(28)13(22)9-15(23)27/h10-14,16-17H,7-9,22H2,1-6H3,(H2,23,27)(H,24,28)(H,25,29)(H,26,30)(H,31,32). The minimum atomic E-state index is -1.20. The first kappa shape index (κ1) is 29.3. The van der Waals surface area contributed by atoms with Crippen molar-refractivity contribution >= 4 is 29.6 Å². The molecule has 11 nitrogen and oxygen atoms in total. The zero-order valence-electron chi connectivity index (χ0n) is 19.8. The average Bonchev–Trinajstić information content (AvgIpc) is 2.67. The molecule has 0 aliphatic carbocycles. The van der Waals surface area contributed by atoms with Crippen LogP contribution >= 0.6 is 0 Å². The number of aliphatic carboxylic acids is 1. The van der Waals surface area contributed by atoms with Crippen LogP contribution in [0.25, 0.3) is 0 Å². The number of nitrogens with two attached hydrogens (primary N) is 2. The molecule has 0 saturated heterocycles. The van der Waals surface area contributed by atoms with Crippen LogP contribution in [0.15, 0.2) is 0 Å². The van der Waals surface area contributed by atoms with E-state index < -0.39 is 53.8 Å². The highest BCUT2D eigenvalue weighted by Gasteiger charge is 2.33. The number of rotatable bonds is 14. The van der Waals surface area contributed by atoms with Gasteiger partial charge in [-0.2, -0.15) is 0 Å².